The van der Waals surface area contributed by atoms with Crippen LogP contribution < -0.4 is 11.1 Å². The number of hydrogen-bond acceptors (Lipinski definition) is 2. The van der Waals surface area contributed by atoms with Crippen LogP contribution in [0.5, 0.6) is 0 Å². The summed E-state index contributed by atoms with van der Waals surface area (Å²) in [5, 5.41) is 3.55. The van der Waals surface area contributed by atoms with Crippen molar-refractivity contribution in [2.75, 3.05) is 19.6 Å². The van der Waals surface area contributed by atoms with Crippen LogP contribution in [0.4, 0.5) is 0 Å². The Kier molecular flexibility index (Phi) is 6.26. The van der Waals surface area contributed by atoms with Gasteiger partial charge in [-0.25, -0.2) is 0 Å². The third-order valence-electron chi connectivity index (χ3n) is 3.54. The zero-order valence-electron chi connectivity index (χ0n) is 10.5. The summed E-state index contributed by atoms with van der Waals surface area (Å²) in [5.74, 6) is 2.63. The Labute approximate surface area is 95.0 Å². The largest absolute Gasteiger partial charge is 0.330 e. The van der Waals surface area contributed by atoms with E-state index in [1.54, 1.807) is 0 Å². The van der Waals surface area contributed by atoms with Crippen LogP contribution in [-0.4, -0.2) is 19.6 Å². The van der Waals surface area contributed by atoms with E-state index >= 15 is 0 Å². The molecule has 15 heavy (non-hydrogen) atoms. The molecule has 0 bridgehead atoms. The Morgan fingerprint density at radius 2 is 2.00 bits per heavy atom. The minimum Gasteiger partial charge on any atom is -0.330 e. The standard InChI is InChI=1S/C13H28N2/c1-11(2)13(7-8-14)4-3-9-15-10-12-5-6-12/h11-13,15H,3-10,14H2,1-2H3. The first kappa shape index (κ1) is 13.0. The van der Waals surface area contributed by atoms with Crippen molar-refractivity contribution in [3.05, 3.63) is 0 Å². The maximum Gasteiger partial charge on any atom is -0.00205 e. The molecule has 0 aromatic heterocycles. The fourth-order valence-electron chi connectivity index (χ4n) is 2.14. The van der Waals surface area contributed by atoms with Crippen molar-refractivity contribution in [2.24, 2.45) is 23.5 Å². The lowest BCUT2D eigenvalue weighted by Gasteiger charge is -2.19. The number of nitrogens with one attached hydrogen (secondary N) is 1. The van der Waals surface area contributed by atoms with Crippen molar-refractivity contribution < 1.29 is 0 Å². The molecule has 1 aliphatic carbocycles. The van der Waals surface area contributed by atoms with Gasteiger partial charge in [0.05, 0.1) is 0 Å². The zero-order valence-corrected chi connectivity index (χ0v) is 10.5. The lowest BCUT2D eigenvalue weighted by atomic mass is 9.88. The SMILES string of the molecule is CC(C)C(CCN)CCCNCC1CC1. The number of rotatable bonds is 9. The van der Waals surface area contributed by atoms with Crippen LogP contribution >= 0.6 is 0 Å². The Morgan fingerprint density at radius 3 is 2.53 bits per heavy atom. The molecular weight excluding hydrogens is 184 g/mol. The minimum absolute atomic E-state index is 0.789. The van der Waals surface area contributed by atoms with Crippen LogP contribution in [0.3, 0.4) is 0 Å². The summed E-state index contributed by atoms with van der Waals surface area (Å²) in [5.41, 5.74) is 5.63. The molecule has 0 amide bonds. The summed E-state index contributed by atoms with van der Waals surface area (Å²) >= 11 is 0. The van der Waals surface area contributed by atoms with Crippen molar-refractivity contribution in [2.45, 2.75) is 46.0 Å². The van der Waals surface area contributed by atoms with Gasteiger partial charge in [-0.05, 0) is 69.5 Å². The van der Waals surface area contributed by atoms with Gasteiger partial charge in [-0.1, -0.05) is 13.8 Å². The minimum atomic E-state index is 0.789. The molecule has 1 fully saturated rings. The molecule has 0 saturated heterocycles. The van der Waals surface area contributed by atoms with Gasteiger partial charge in [0.25, 0.3) is 0 Å². The van der Waals surface area contributed by atoms with Crippen LogP contribution in [-0.2, 0) is 0 Å². The van der Waals surface area contributed by atoms with E-state index in [0.717, 1.165) is 24.3 Å². The summed E-state index contributed by atoms with van der Waals surface area (Å²) in [7, 11) is 0. The third-order valence-corrected chi connectivity index (χ3v) is 3.54. The first-order valence-electron chi connectivity index (χ1n) is 6.64. The van der Waals surface area contributed by atoms with Crippen LogP contribution in [0.1, 0.15) is 46.0 Å². The molecule has 90 valence electrons. The van der Waals surface area contributed by atoms with Crippen molar-refractivity contribution in [3.63, 3.8) is 0 Å². The molecule has 0 heterocycles. The molecule has 3 N–H and O–H groups in total. The highest BCUT2D eigenvalue weighted by Gasteiger charge is 2.20. The molecular formula is C13H28N2. The first-order valence-corrected chi connectivity index (χ1v) is 6.64. The smallest absolute Gasteiger partial charge is 0.00205 e. The highest BCUT2D eigenvalue weighted by Crippen LogP contribution is 2.27. The highest BCUT2D eigenvalue weighted by atomic mass is 14.9. The summed E-state index contributed by atoms with van der Waals surface area (Å²) in [4.78, 5) is 0. The maximum absolute atomic E-state index is 5.63. The van der Waals surface area contributed by atoms with Crippen LogP contribution in [0, 0.1) is 17.8 Å². The van der Waals surface area contributed by atoms with Gasteiger partial charge in [0.1, 0.15) is 0 Å². The fourth-order valence-corrected chi connectivity index (χ4v) is 2.14. The van der Waals surface area contributed by atoms with Gasteiger partial charge in [-0.2, -0.15) is 0 Å². The molecule has 0 spiro atoms. The second-order valence-electron chi connectivity index (χ2n) is 5.37. The van der Waals surface area contributed by atoms with Crippen LogP contribution in [0.15, 0.2) is 0 Å². The molecule has 1 saturated carbocycles. The van der Waals surface area contributed by atoms with Gasteiger partial charge >= 0.3 is 0 Å². The van der Waals surface area contributed by atoms with Crippen molar-refractivity contribution in [1.29, 1.82) is 0 Å². The van der Waals surface area contributed by atoms with Crippen molar-refractivity contribution in [1.82, 2.24) is 5.32 Å². The predicted octanol–water partition coefficient (Wildman–Crippen LogP) is 2.39. The molecule has 0 aromatic carbocycles. The summed E-state index contributed by atoms with van der Waals surface area (Å²) in [6, 6.07) is 0. The van der Waals surface area contributed by atoms with Gasteiger partial charge < -0.3 is 11.1 Å². The van der Waals surface area contributed by atoms with Gasteiger partial charge in [-0.3, -0.25) is 0 Å². The third kappa shape index (κ3) is 6.16. The Hall–Kier alpha value is -0.0800. The molecule has 1 rings (SSSR count). The zero-order chi connectivity index (χ0) is 11.1. The van der Waals surface area contributed by atoms with Gasteiger partial charge in [0, 0.05) is 0 Å². The van der Waals surface area contributed by atoms with E-state index in [1.807, 2.05) is 0 Å². The summed E-state index contributed by atoms with van der Waals surface area (Å²) in [6.45, 7) is 7.93. The van der Waals surface area contributed by atoms with Gasteiger partial charge in [0.2, 0.25) is 0 Å². The van der Waals surface area contributed by atoms with Crippen LogP contribution in [0.2, 0.25) is 0 Å². The number of nitrogens with two attached hydrogens (primary N) is 1. The Morgan fingerprint density at radius 1 is 1.27 bits per heavy atom. The van der Waals surface area contributed by atoms with E-state index in [4.69, 9.17) is 5.73 Å². The van der Waals surface area contributed by atoms with E-state index in [-0.39, 0.29) is 0 Å². The highest BCUT2D eigenvalue weighted by molar-refractivity contribution is 4.75. The molecule has 0 radical (unpaired) electrons. The Balaban J connectivity index is 1.94. The summed E-state index contributed by atoms with van der Waals surface area (Å²) < 4.78 is 0. The average molecular weight is 212 g/mol. The lowest BCUT2D eigenvalue weighted by molar-refractivity contribution is 0.331. The Bertz CT molecular complexity index is 153. The monoisotopic (exact) mass is 212 g/mol. The first-order chi connectivity index (χ1) is 7.24. The van der Waals surface area contributed by atoms with E-state index in [9.17, 15) is 0 Å². The topological polar surface area (TPSA) is 38.0 Å². The second kappa shape index (κ2) is 7.24. The number of hydrogen-bond donors (Lipinski definition) is 2. The van der Waals surface area contributed by atoms with E-state index < -0.39 is 0 Å². The van der Waals surface area contributed by atoms with E-state index in [0.29, 0.717) is 0 Å². The normalized spacial score (nSPS) is 18.4. The van der Waals surface area contributed by atoms with Gasteiger partial charge in [0.15, 0.2) is 0 Å². The molecule has 1 atom stereocenters. The predicted molar refractivity (Wildman–Crippen MR) is 66.8 cm³/mol. The lowest BCUT2D eigenvalue weighted by Crippen LogP contribution is -2.20. The average Bonchev–Trinajstić information content (AvgIpc) is 2.99. The van der Waals surface area contributed by atoms with Crippen molar-refractivity contribution in [3.8, 4) is 0 Å². The van der Waals surface area contributed by atoms with Crippen LogP contribution in [0.25, 0.3) is 0 Å². The van der Waals surface area contributed by atoms with E-state index in [1.165, 1.54) is 45.2 Å². The molecule has 1 unspecified atom stereocenters. The molecule has 1 aliphatic rings. The van der Waals surface area contributed by atoms with E-state index in [2.05, 4.69) is 19.2 Å². The molecule has 2 nitrogen and oxygen atoms in total. The van der Waals surface area contributed by atoms with Gasteiger partial charge in [-0.15, -0.1) is 0 Å². The molecule has 2 heteroatoms. The second-order valence-corrected chi connectivity index (χ2v) is 5.37. The molecule has 0 aliphatic heterocycles. The summed E-state index contributed by atoms with van der Waals surface area (Å²) in [6.07, 6.45) is 6.76. The quantitative estimate of drug-likeness (QED) is 0.576. The van der Waals surface area contributed by atoms with Crippen molar-refractivity contribution >= 4 is 0 Å². The maximum atomic E-state index is 5.63. The fraction of sp³-hybridized carbons (Fsp3) is 1.00. The molecule has 0 aromatic rings.